The number of likely N-dealkylation sites (tertiary alicyclic amines) is 1. The van der Waals surface area contributed by atoms with E-state index in [4.69, 9.17) is 5.11 Å². The number of carboxylic acids is 1. The molecule has 0 amide bonds. The molecule has 1 aromatic rings. The molecule has 0 saturated carbocycles. The van der Waals surface area contributed by atoms with E-state index in [1.165, 1.54) is 11.8 Å². The Hall–Kier alpha value is -1.15. The highest BCUT2D eigenvalue weighted by atomic mass is 32.2. The van der Waals surface area contributed by atoms with Crippen LogP contribution in [0.5, 0.6) is 0 Å². The van der Waals surface area contributed by atoms with E-state index in [1.807, 2.05) is 0 Å². The minimum atomic E-state index is -0.855. The molecule has 2 rings (SSSR count). The molecule has 2 atom stereocenters. The number of carbonyl (C=O) groups is 1. The maximum absolute atomic E-state index is 10.6. The quantitative estimate of drug-likeness (QED) is 0.798. The lowest BCUT2D eigenvalue weighted by Gasteiger charge is -2.34. The maximum Gasteiger partial charge on any atom is 0.313 e. The van der Waals surface area contributed by atoms with Crippen LogP contribution in [0, 0.1) is 0 Å². The SMILES string of the molecule is CC1CC(n2nnnc2SCC(=O)O)CCN1C. The third kappa shape index (κ3) is 2.99. The monoisotopic (exact) mass is 271 g/mol. The van der Waals surface area contributed by atoms with E-state index >= 15 is 0 Å². The lowest BCUT2D eigenvalue weighted by atomic mass is 9.99. The summed E-state index contributed by atoms with van der Waals surface area (Å²) in [5.74, 6) is -0.867. The molecule has 1 N–H and O–H groups in total. The summed E-state index contributed by atoms with van der Waals surface area (Å²) in [5, 5.41) is 20.8. The summed E-state index contributed by atoms with van der Waals surface area (Å²) in [6, 6.07) is 0.757. The van der Waals surface area contributed by atoms with Crippen molar-refractivity contribution in [3.05, 3.63) is 0 Å². The normalized spacial score (nSPS) is 25.2. The van der Waals surface area contributed by atoms with Crippen LogP contribution in [0.4, 0.5) is 0 Å². The number of hydrogen-bond acceptors (Lipinski definition) is 6. The van der Waals surface area contributed by atoms with Gasteiger partial charge in [-0.25, -0.2) is 4.68 Å². The Balaban J connectivity index is 2.04. The van der Waals surface area contributed by atoms with Gasteiger partial charge in [-0.2, -0.15) is 0 Å². The second-order valence-electron chi connectivity index (χ2n) is 4.60. The van der Waals surface area contributed by atoms with Gasteiger partial charge in [-0.05, 0) is 37.2 Å². The summed E-state index contributed by atoms with van der Waals surface area (Å²) in [7, 11) is 2.11. The van der Waals surface area contributed by atoms with Gasteiger partial charge in [0.05, 0.1) is 11.8 Å². The molecule has 2 heterocycles. The van der Waals surface area contributed by atoms with Crippen molar-refractivity contribution in [3.63, 3.8) is 0 Å². The van der Waals surface area contributed by atoms with Gasteiger partial charge >= 0.3 is 5.97 Å². The number of thioether (sulfide) groups is 1. The molecule has 1 aromatic heterocycles. The van der Waals surface area contributed by atoms with Crippen molar-refractivity contribution in [2.24, 2.45) is 0 Å². The average Bonchev–Trinajstić information content (AvgIpc) is 2.78. The molecule has 0 aromatic carbocycles. The molecule has 7 nitrogen and oxygen atoms in total. The second kappa shape index (κ2) is 5.66. The van der Waals surface area contributed by atoms with Crippen molar-refractivity contribution in [2.75, 3.05) is 19.3 Å². The zero-order chi connectivity index (χ0) is 13.1. The van der Waals surface area contributed by atoms with Crippen LogP contribution in [0.2, 0.25) is 0 Å². The fraction of sp³-hybridized carbons (Fsp3) is 0.800. The third-order valence-electron chi connectivity index (χ3n) is 3.31. The number of nitrogens with zero attached hydrogens (tertiary/aromatic N) is 5. The van der Waals surface area contributed by atoms with Crippen LogP contribution in [0.25, 0.3) is 0 Å². The average molecular weight is 271 g/mol. The Morgan fingerprint density at radius 1 is 1.61 bits per heavy atom. The number of piperidine rings is 1. The standard InChI is InChI=1S/C10H17N5O2S/c1-7-5-8(3-4-14(7)2)15-10(11-12-13-15)18-6-9(16)17/h7-8H,3-6H2,1-2H3,(H,16,17). The fourth-order valence-electron chi connectivity index (χ4n) is 2.12. The number of rotatable bonds is 4. The summed E-state index contributed by atoms with van der Waals surface area (Å²) in [5.41, 5.74) is 0. The van der Waals surface area contributed by atoms with E-state index in [0.29, 0.717) is 11.2 Å². The molecule has 2 unspecified atom stereocenters. The van der Waals surface area contributed by atoms with Gasteiger partial charge in [-0.1, -0.05) is 11.8 Å². The molecule has 0 radical (unpaired) electrons. The Morgan fingerprint density at radius 3 is 3.06 bits per heavy atom. The zero-order valence-electron chi connectivity index (χ0n) is 10.5. The summed E-state index contributed by atoms with van der Waals surface area (Å²) in [6.07, 6.45) is 1.98. The molecule has 8 heteroatoms. The first-order chi connectivity index (χ1) is 8.58. The van der Waals surface area contributed by atoms with Gasteiger partial charge in [-0.3, -0.25) is 4.79 Å². The lowest BCUT2D eigenvalue weighted by molar-refractivity contribution is -0.133. The molecule has 0 spiro atoms. The third-order valence-corrected chi connectivity index (χ3v) is 4.23. The van der Waals surface area contributed by atoms with Crippen molar-refractivity contribution in [3.8, 4) is 0 Å². The van der Waals surface area contributed by atoms with Gasteiger partial charge in [0.25, 0.3) is 0 Å². The van der Waals surface area contributed by atoms with Crippen molar-refractivity contribution in [2.45, 2.75) is 37.0 Å². The molecule has 1 fully saturated rings. The number of tetrazole rings is 1. The molecule has 18 heavy (non-hydrogen) atoms. The molecule has 1 aliphatic rings. The van der Waals surface area contributed by atoms with Crippen LogP contribution in [-0.4, -0.2) is 61.6 Å². The fourth-order valence-corrected chi connectivity index (χ4v) is 2.79. The number of carboxylic acid groups (broad SMARTS) is 1. The largest absolute Gasteiger partial charge is 0.481 e. The first kappa shape index (κ1) is 13.3. The Morgan fingerprint density at radius 2 is 2.39 bits per heavy atom. The molecule has 1 aliphatic heterocycles. The molecular weight excluding hydrogens is 254 g/mol. The second-order valence-corrected chi connectivity index (χ2v) is 5.54. The van der Waals surface area contributed by atoms with Gasteiger partial charge in [0.1, 0.15) is 0 Å². The number of aliphatic carboxylic acids is 1. The highest BCUT2D eigenvalue weighted by Crippen LogP contribution is 2.28. The highest BCUT2D eigenvalue weighted by molar-refractivity contribution is 7.99. The molecular formula is C10H17N5O2S. The van der Waals surface area contributed by atoms with Crippen LogP contribution >= 0.6 is 11.8 Å². The molecule has 100 valence electrons. The van der Waals surface area contributed by atoms with Crippen LogP contribution in [0.1, 0.15) is 25.8 Å². The lowest BCUT2D eigenvalue weighted by Crippen LogP contribution is -2.38. The van der Waals surface area contributed by atoms with Crippen LogP contribution < -0.4 is 0 Å². The van der Waals surface area contributed by atoms with Crippen LogP contribution in [0.15, 0.2) is 5.16 Å². The van der Waals surface area contributed by atoms with Gasteiger partial charge < -0.3 is 10.0 Å². The van der Waals surface area contributed by atoms with Crippen molar-refractivity contribution < 1.29 is 9.90 Å². The Labute approximate surface area is 110 Å². The molecule has 1 saturated heterocycles. The first-order valence-corrected chi connectivity index (χ1v) is 6.89. The summed E-state index contributed by atoms with van der Waals surface area (Å²) in [6.45, 7) is 3.19. The van der Waals surface area contributed by atoms with E-state index in [9.17, 15) is 4.79 Å². The van der Waals surface area contributed by atoms with Gasteiger partial charge in [0, 0.05) is 12.6 Å². The summed E-state index contributed by atoms with van der Waals surface area (Å²) in [4.78, 5) is 12.9. The predicted octanol–water partition coefficient (Wildman–Crippen LogP) is 0.505. The van der Waals surface area contributed by atoms with E-state index < -0.39 is 5.97 Å². The smallest absolute Gasteiger partial charge is 0.313 e. The number of aromatic nitrogens is 4. The Kier molecular flexibility index (Phi) is 4.18. The highest BCUT2D eigenvalue weighted by Gasteiger charge is 2.26. The minimum absolute atomic E-state index is 0.0114. The van der Waals surface area contributed by atoms with E-state index in [0.717, 1.165) is 19.4 Å². The van der Waals surface area contributed by atoms with Crippen molar-refractivity contribution in [1.82, 2.24) is 25.1 Å². The van der Waals surface area contributed by atoms with Gasteiger partial charge in [0.15, 0.2) is 0 Å². The topological polar surface area (TPSA) is 84.1 Å². The van der Waals surface area contributed by atoms with E-state index in [1.54, 1.807) is 4.68 Å². The van der Waals surface area contributed by atoms with Crippen LogP contribution in [-0.2, 0) is 4.79 Å². The molecule has 0 aliphatic carbocycles. The predicted molar refractivity (Wildman–Crippen MR) is 66.5 cm³/mol. The summed E-state index contributed by atoms with van der Waals surface area (Å²) < 4.78 is 1.77. The Bertz CT molecular complexity index is 424. The number of hydrogen-bond donors (Lipinski definition) is 1. The van der Waals surface area contributed by atoms with Crippen molar-refractivity contribution >= 4 is 17.7 Å². The van der Waals surface area contributed by atoms with Crippen molar-refractivity contribution in [1.29, 1.82) is 0 Å². The summed E-state index contributed by atoms with van der Waals surface area (Å²) >= 11 is 1.17. The maximum atomic E-state index is 10.6. The minimum Gasteiger partial charge on any atom is -0.481 e. The molecule has 0 bridgehead atoms. The first-order valence-electron chi connectivity index (χ1n) is 5.90. The van der Waals surface area contributed by atoms with Gasteiger partial charge in [0.2, 0.25) is 5.16 Å². The van der Waals surface area contributed by atoms with Gasteiger partial charge in [-0.15, -0.1) is 5.10 Å². The zero-order valence-corrected chi connectivity index (χ0v) is 11.3. The van der Waals surface area contributed by atoms with E-state index in [2.05, 4.69) is 34.4 Å². The van der Waals surface area contributed by atoms with Crippen LogP contribution in [0.3, 0.4) is 0 Å². The van der Waals surface area contributed by atoms with E-state index in [-0.39, 0.29) is 11.8 Å².